The van der Waals surface area contributed by atoms with E-state index in [0.29, 0.717) is 11.4 Å². The number of rotatable bonds is 7. The number of benzene rings is 1. The fraction of sp³-hybridized carbons (Fsp3) is 0.167. The van der Waals surface area contributed by atoms with Crippen LogP contribution in [-0.2, 0) is 19.6 Å². The van der Waals surface area contributed by atoms with Crippen molar-refractivity contribution in [2.75, 3.05) is 0 Å². The van der Waals surface area contributed by atoms with E-state index in [1.165, 1.54) is 12.2 Å². The molecule has 28 heavy (non-hydrogen) atoms. The maximum Gasteiger partial charge on any atom is 0.337 e. The Morgan fingerprint density at radius 1 is 1.00 bits per heavy atom. The van der Waals surface area contributed by atoms with Crippen LogP contribution in [0.4, 0.5) is 0 Å². The molecule has 3 rings (SSSR count). The maximum atomic E-state index is 12.6. The zero-order valence-electron chi connectivity index (χ0n) is 14.7. The Bertz CT molecular complexity index is 1170. The third kappa shape index (κ3) is 3.72. The molecule has 0 saturated heterocycles. The smallest absolute Gasteiger partial charge is 0.337 e. The van der Waals surface area contributed by atoms with Crippen LogP contribution in [0.15, 0.2) is 73.0 Å². The zero-order valence-corrected chi connectivity index (χ0v) is 16.3. The van der Waals surface area contributed by atoms with E-state index >= 15 is 0 Å². The zero-order chi connectivity index (χ0) is 20.3. The molecule has 0 radical (unpaired) electrons. The van der Waals surface area contributed by atoms with Crippen LogP contribution in [-0.4, -0.2) is 23.8 Å². The van der Waals surface area contributed by atoms with Crippen molar-refractivity contribution in [2.45, 2.75) is 19.6 Å². The van der Waals surface area contributed by atoms with Crippen molar-refractivity contribution >= 4 is 15.9 Å². The predicted octanol–water partition coefficient (Wildman–Crippen LogP) is 1.40. The molecular weight excluding hydrogens is 430 g/mol. The lowest BCUT2D eigenvalue weighted by molar-refractivity contribution is 0.360. The SMILES string of the molecule is C=CCn1c(=O)n(CC=C)c(=O)n(Cc2nc(-c3cccc(Br)c3)no2)c1=O. The summed E-state index contributed by atoms with van der Waals surface area (Å²) in [5.74, 6) is 0.373. The van der Waals surface area contributed by atoms with Crippen LogP contribution in [0.2, 0.25) is 0 Å². The van der Waals surface area contributed by atoms with Gasteiger partial charge in [0, 0.05) is 10.0 Å². The van der Waals surface area contributed by atoms with Crippen molar-refractivity contribution in [1.82, 2.24) is 23.8 Å². The van der Waals surface area contributed by atoms with Crippen molar-refractivity contribution < 1.29 is 4.52 Å². The highest BCUT2D eigenvalue weighted by molar-refractivity contribution is 9.10. The summed E-state index contributed by atoms with van der Waals surface area (Å²) >= 11 is 3.37. The molecule has 2 aromatic heterocycles. The largest absolute Gasteiger partial charge is 0.337 e. The van der Waals surface area contributed by atoms with Crippen molar-refractivity contribution in [3.63, 3.8) is 0 Å². The molecule has 0 unspecified atom stereocenters. The van der Waals surface area contributed by atoms with Gasteiger partial charge in [-0.3, -0.25) is 0 Å². The summed E-state index contributed by atoms with van der Waals surface area (Å²) in [6.07, 6.45) is 2.79. The third-order valence-corrected chi connectivity index (χ3v) is 4.35. The number of allylic oxidation sites excluding steroid dienone is 2. The normalized spacial score (nSPS) is 10.8. The molecule has 2 heterocycles. The minimum Gasteiger partial charge on any atom is -0.337 e. The van der Waals surface area contributed by atoms with E-state index in [-0.39, 0.29) is 25.5 Å². The van der Waals surface area contributed by atoms with Gasteiger partial charge in [-0.05, 0) is 12.1 Å². The number of hydrogen-bond donors (Lipinski definition) is 0. The first-order valence-electron chi connectivity index (χ1n) is 8.21. The van der Waals surface area contributed by atoms with Crippen molar-refractivity contribution in [3.05, 3.63) is 91.4 Å². The second-order valence-electron chi connectivity index (χ2n) is 5.75. The Morgan fingerprint density at radius 3 is 2.18 bits per heavy atom. The van der Waals surface area contributed by atoms with Crippen LogP contribution in [0.1, 0.15) is 5.89 Å². The Balaban J connectivity index is 2.06. The van der Waals surface area contributed by atoms with E-state index in [4.69, 9.17) is 4.52 Å². The highest BCUT2D eigenvalue weighted by atomic mass is 79.9. The van der Waals surface area contributed by atoms with Gasteiger partial charge in [-0.2, -0.15) is 4.98 Å². The van der Waals surface area contributed by atoms with Gasteiger partial charge in [0.15, 0.2) is 0 Å². The van der Waals surface area contributed by atoms with E-state index < -0.39 is 17.1 Å². The number of halogens is 1. The minimum atomic E-state index is -0.780. The molecule has 0 bridgehead atoms. The second kappa shape index (κ2) is 8.17. The van der Waals surface area contributed by atoms with Crippen LogP contribution in [0.5, 0.6) is 0 Å². The summed E-state index contributed by atoms with van der Waals surface area (Å²) in [5, 5.41) is 3.89. The van der Waals surface area contributed by atoms with Gasteiger partial charge in [-0.15, -0.1) is 13.2 Å². The van der Waals surface area contributed by atoms with Crippen LogP contribution in [0.25, 0.3) is 11.4 Å². The first kappa shape index (κ1) is 19.5. The summed E-state index contributed by atoms with van der Waals surface area (Å²) in [4.78, 5) is 41.9. The first-order valence-corrected chi connectivity index (χ1v) is 9.00. The van der Waals surface area contributed by atoms with E-state index in [1.54, 1.807) is 6.07 Å². The van der Waals surface area contributed by atoms with Crippen LogP contribution >= 0.6 is 15.9 Å². The molecule has 0 amide bonds. The average Bonchev–Trinajstić information content (AvgIpc) is 3.15. The summed E-state index contributed by atoms with van der Waals surface area (Å²) in [6, 6.07) is 7.28. The van der Waals surface area contributed by atoms with Crippen molar-refractivity contribution in [2.24, 2.45) is 0 Å². The number of aromatic nitrogens is 5. The van der Waals surface area contributed by atoms with E-state index in [1.807, 2.05) is 18.2 Å². The lowest BCUT2D eigenvalue weighted by Crippen LogP contribution is -2.54. The number of nitrogens with zero attached hydrogens (tertiary/aromatic N) is 5. The molecule has 0 N–H and O–H groups in total. The van der Waals surface area contributed by atoms with Gasteiger partial charge in [0.05, 0.1) is 13.1 Å². The Morgan fingerprint density at radius 2 is 1.61 bits per heavy atom. The monoisotopic (exact) mass is 445 g/mol. The molecule has 0 fully saturated rings. The molecule has 0 aliphatic heterocycles. The fourth-order valence-corrected chi connectivity index (χ4v) is 2.99. The quantitative estimate of drug-likeness (QED) is 0.509. The maximum absolute atomic E-state index is 12.6. The van der Waals surface area contributed by atoms with Gasteiger partial charge < -0.3 is 4.52 Å². The van der Waals surface area contributed by atoms with Gasteiger partial charge in [-0.25, -0.2) is 28.1 Å². The van der Waals surface area contributed by atoms with Gasteiger partial charge in [0.2, 0.25) is 11.7 Å². The summed E-state index contributed by atoms with van der Waals surface area (Å²) in [5.41, 5.74) is -1.58. The standard InChI is InChI=1S/C18H16BrN5O4/c1-3-8-22-16(25)23(9-4-2)18(27)24(17(22)26)11-14-20-15(21-28-14)12-6-5-7-13(19)10-12/h3-7,10H,1-2,8-9,11H2. The predicted molar refractivity (Wildman–Crippen MR) is 106 cm³/mol. The molecule has 9 nitrogen and oxygen atoms in total. The molecule has 0 aliphatic carbocycles. The molecule has 0 atom stereocenters. The van der Waals surface area contributed by atoms with Gasteiger partial charge in [0.1, 0.15) is 6.54 Å². The fourth-order valence-electron chi connectivity index (χ4n) is 2.59. The summed E-state index contributed by atoms with van der Waals surface area (Å²) in [7, 11) is 0. The van der Waals surface area contributed by atoms with E-state index in [2.05, 4.69) is 39.2 Å². The third-order valence-electron chi connectivity index (χ3n) is 3.85. The first-order chi connectivity index (χ1) is 13.5. The Hall–Kier alpha value is -3.27. The number of hydrogen-bond acceptors (Lipinski definition) is 6. The highest BCUT2D eigenvalue weighted by Gasteiger charge is 2.17. The molecule has 144 valence electrons. The molecule has 10 heteroatoms. The average molecular weight is 446 g/mol. The van der Waals surface area contributed by atoms with Gasteiger partial charge in [0.25, 0.3) is 0 Å². The summed E-state index contributed by atoms with van der Waals surface area (Å²) in [6.45, 7) is 6.72. The highest BCUT2D eigenvalue weighted by Crippen LogP contribution is 2.20. The Kier molecular flexibility index (Phi) is 5.69. The van der Waals surface area contributed by atoms with Crippen molar-refractivity contribution in [3.8, 4) is 11.4 Å². The van der Waals surface area contributed by atoms with E-state index in [9.17, 15) is 14.4 Å². The minimum absolute atomic E-state index is 0.0395. The van der Waals surface area contributed by atoms with E-state index in [0.717, 1.165) is 18.2 Å². The lowest BCUT2D eigenvalue weighted by atomic mass is 10.2. The topological polar surface area (TPSA) is 105 Å². The molecule has 0 aliphatic rings. The van der Waals surface area contributed by atoms with Crippen LogP contribution in [0.3, 0.4) is 0 Å². The van der Waals surface area contributed by atoms with Crippen LogP contribution in [0, 0.1) is 0 Å². The van der Waals surface area contributed by atoms with Gasteiger partial charge >= 0.3 is 17.1 Å². The van der Waals surface area contributed by atoms with Crippen LogP contribution < -0.4 is 17.1 Å². The molecule has 0 spiro atoms. The summed E-state index contributed by atoms with van der Waals surface area (Å²) < 4.78 is 8.71. The molecule has 3 aromatic rings. The molecular formula is C18H16BrN5O4. The van der Waals surface area contributed by atoms with Crippen molar-refractivity contribution in [1.29, 1.82) is 0 Å². The molecule has 0 saturated carbocycles. The Labute approximate surface area is 167 Å². The lowest BCUT2D eigenvalue weighted by Gasteiger charge is -2.10. The van der Waals surface area contributed by atoms with Gasteiger partial charge in [-0.1, -0.05) is 45.4 Å². The molecule has 1 aromatic carbocycles. The second-order valence-corrected chi connectivity index (χ2v) is 6.67.